The predicted octanol–water partition coefficient (Wildman–Crippen LogP) is 2.81. The highest BCUT2D eigenvalue weighted by atomic mass is 32.1. The number of nitrogens with one attached hydrogen (secondary N) is 2. The number of furan rings is 1. The van der Waals surface area contributed by atoms with Crippen LogP contribution in [0.1, 0.15) is 29.0 Å². The Balaban J connectivity index is 1.58. The topological polar surface area (TPSA) is 126 Å². The normalized spacial score (nSPS) is 14.1. The van der Waals surface area contributed by atoms with E-state index in [0.717, 1.165) is 31.2 Å². The molecule has 0 amide bonds. The van der Waals surface area contributed by atoms with Crippen molar-refractivity contribution in [2.75, 3.05) is 5.43 Å². The molecule has 0 radical (unpaired) electrons. The lowest BCUT2D eigenvalue weighted by Crippen LogP contribution is -2.12. The molecule has 2 N–H and O–H groups in total. The Kier molecular flexibility index (Phi) is 3.80. The molecule has 3 aromatic heterocycles. The quantitative estimate of drug-likeness (QED) is 0.419. The van der Waals surface area contributed by atoms with E-state index in [4.69, 9.17) is 4.42 Å². The number of nitrogens with zero attached hydrogens (tertiary/aromatic N) is 3. The maximum Gasteiger partial charge on any atom is 0.433 e. The summed E-state index contributed by atoms with van der Waals surface area (Å²) in [6.45, 7) is 0. The van der Waals surface area contributed by atoms with Gasteiger partial charge in [-0.3, -0.25) is 19.9 Å². The first-order valence-corrected chi connectivity index (χ1v) is 8.51. The van der Waals surface area contributed by atoms with E-state index in [1.165, 1.54) is 23.2 Å². The zero-order chi connectivity index (χ0) is 17.4. The minimum atomic E-state index is -0.629. The van der Waals surface area contributed by atoms with Gasteiger partial charge in [0.05, 0.1) is 17.7 Å². The summed E-state index contributed by atoms with van der Waals surface area (Å²) in [6, 6.07) is 2.67. The molecule has 9 nitrogen and oxygen atoms in total. The van der Waals surface area contributed by atoms with Crippen LogP contribution in [0.3, 0.4) is 0 Å². The number of fused-ring (bicyclic) bond motifs is 3. The first kappa shape index (κ1) is 15.5. The second kappa shape index (κ2) is 6.13. The van der Waals surface area contributed by atoms with Crippen molar-refractivity contribution in [3.63, 3.8) is 0 Å². The van der Waals surface area contributed by atoms with Crippen molar-refractivity contribution in [1.82, 2.24) is 9.97 Å². The Labute approximate surface area is 144 Å². The average Bonchev–Trinajstić information content (AvgIpc) is 3.19. The van der Waals surface area contributed by atoms with Gasteiger partial charge in [-0.05, 0) is 37.3 Å². The fourth-order valence-electron chi connectivity index (χ4n) is 2.88. The van der Waals surface area contributed by atoms with Crippen LogP contribution in [0.15, 0.2) is 26.4 Å². The van der Waals surface area contributed by atoms with Gasteiger partial charge in [0.25, 0.3) is 5.56 Å². The molecule has 0 unspecified atom stereocenters. The first-order chi connectivity index (χ1) is 12.1. The van der Waals surface area contributed by atoms with Crippen molar-refractivity contribution in [2.45, 2.75) is 25.7 Å². The van der Waals surface area contributed by atoms with Crippen molar-refractivity contribution in [2.24, 2.45) is 5.10 Å². The van der Waals surface area contributed by atoms with Gasteiger partial charge < -0.3 is 4.42 Å². The molecule has 3 heterocycles. The van der Waals surface area contributed by atoms with Gasteiger partial charge in [0.15, 0.2) is 5.76 Å². The van der Waals surface area contributed by atoms with E-state index in [-0.39, 0.29) is 23.2 Å². The second-order valence-electron chi connectivity index (χ2n) is 5.61. The summed E-state index contributed by atoms with van der Waals surface area (Å²) in [5.41, 5.74) is 3.56. The molecule has 0 atom stereocenters. The second-order valence-corrected chi connectivity index (χ2v) is 6.69. The molecule has 10 heteroatoms. The highest BCUT2D eigenvalue weighted by Gasteiger charge is 2.19. The van der Waals surface area contributed by atoms with Crippen LogP contribution in [0.4, 0.5) is 11.8 Å². The van der Waals surface area contributed by atoms with E-state index in [0.29, 0.717) is 10.2 Å². The van der Waals surface area contributed by atoms with Crippen LogP contribution in [0.25, 0.3) is 10.2 Å². The van der Waals surface area contributed by atoms with Gasteiger partial charge in [0.2, 0.25) is 5.95 Å². The number of rotatable bonds is 4. The Morgan fingerprint density at radius 3 is 3.04 bits per heavy atom. The smallest absolute Gasteiger partial charge is 0.400 e. The summed E-state index contributed by atoms with van der Waals surface area (Å²) in [6.07, 6.45) is 5.42. The molecule has 0 bridgehead atoms. The van der Waals surface area contributed by atoms with Crippen LogP contribution < -0.4 is 11.0 Å². The molecule has 128 valence electrons. The van der Waals surface area contributed by atoms with Crippen LogP contribution in [-0.4, -0.2) is 21.1 Å². The SMILES string of the molecule is O=c1[nH]c(N/N=C/c2ccc([N+](=O)[O-])o2)nc2sc3c(c12)CCCC3. The average molecular weight is 359 g/mol. The molecule has 0 aliphatic heterocycles. The molecule has 0 aromatic carbocycles. The summed E-state index contributed by atoms with van der Waals surface area (Å²) < 4.78 is 4.95. The summed E-state index contributed by atoms with van der Waals surface area (Å²) in [4.78, 5) is 31.3. The van der Waals surface area contributed by atoms with Crippen LogP contribution in [-0.2, 0) is 12.8 Å². The number of nitro groups is 1. The molecule has 25 heavy (non-hydrogen) atoms. The fraction of sp³-hybridized carbons (Fsp3) is 0.267. The van der Waals surface area contributed by atoms with Crippen LogP contribution in [0.2, 0.25) is 0 Å². The largest absolute Gasteiger partial charge is 0.433 e. The van der Waals surface area contributed by atoms with E-state index < -0.39 is 4.92 Å². The number of hydrogen-bond acceptors (Lipinski definition) is 8. The number of anilines is 1. The summed E-state index contributed by atoms with van der Waals surface area (Å²) in [7, 11) is 0. The monoisotopic (exact) mass is 359 g/mol. The highest BCUT2D eigenvalue weighted by Crippen LogP contribution is 2.33. The number of aryl methyl sites for hydroxylation is 2. The van der Waals surface area contributed by atoms with Gasteiger partial charge in [-0.1, -0.05) is 0 Å². The molecule has 4 rings (SSSR count). The van der Waals surface area contributed by atoms with Gasteiger partial charge in [0, 0.05) is 4.88 Å². The minimum Gasteiger partial charge on any atom is -0.400 e. The van der Waals surface area contributed by atoms with E-state index in [1.54, 1.807) is 11.3 Å². The van der Waals surface area contributed by atoms with Crippen LogP contribution in [0.5, 0.6) is 0 Å². The maximum atomic E-state index is 12.4. The van der Waals surface area contributed by atoms with E-state index in [1.807, 2.05) is 0 Å². The summed E-state index contributed by atoms with van der Waals surface area (Å²) >= 11 is 1.55. The van der Waals surface area contributed by atoms with Gasteiger partial charge in [-0.2, -0.15) is 5.10 Å². The van der Waals surface area contributed by atoms with Crippen molar-refractivity contribution >= 4 is 39.6 Å². The zero-order valence-corrected chi connectivity index (χ0v) is 13.8. The molecule has 0 fully saturated rings. The van der Waals surface area contributed by atoms with E-state index in [9.17, 15) is 14.9 Å². The molecule has 3 aromatic rings. The lowest BCUT2D eigenvalue weighted by molar-refractivity contribution is -0.402. The molecule has 0 saturated heterocycles. The Morgan fingerprint density at radius 1 is 1.40 bits per heavy atom. The third-order valence-corrected chi connectivity index (χ3v) is 5.17. The number of thiophene rings is 1. The van der Waals surface area contributed by atoms with Crippen LogP contribution in [0, 0.1) is 10.1 Å². The molecule has 0 saturated carbocycles. The van der Waals surface area contributed by atoms with Crippen molar-refractivity contribution in [3.8, 4) is 0 Å². The number of hydrazone groups is 1. The van der Waals surface area contributed by atoms with Gasteiger partial charge in [0.1, 0.15) is 9.75 Å². The molecule has 1 aliphatic rings. The Morgan fingerprint density at radius 2 is 2.24 bits per heavy atom. The van der Waals surface area contributed by atoms with E-state index >= 15 is 0 Å². The third kappa shape index (κ3) is 2.91. The third-order valence-electron chi connectivity index (χ3n) is 3.98. The predicted molar refractivity (Wildman–Crippen MR) is 93.5 cm³/mol. The first-order valence-electron chi connectivity index (χ1n) is 7.69. The van der Waals surface area contributed by atoms with Gasteiger partial charge in [-0.15, -0.1) is 11.3 Å². The maximum absolute atomic E-state index is 12.4. The zero-order valence-electron chi connectivity index (χ0n) is 12.9. The Hall–Kier alpha value is -3.01. The molecule has 1 aliphatic carbocycles. The van der Waals surface area contributed by atoms with Crippen LogP contribution >= 0.6 is 11.3 Å². The lowest BCUT2D eigenvalue weighted by atomic mass is 9.97. The Bertz CT molecular complexity index is 1050. The summed E-state index contributed by atoms with van der Waals surface area (Å²) in [5.74, 6) is 0.0705. The molecule has 0 spiro atoms. The highest BCUT2D eigenvalue weighted by molar-refractivity contribution is 7.18. The lowest BCUT2D eigenvalue weighted by Gasteiger charge is -2.09. The van der Waals surface area contributed by atoms with Gasteiger partial charge in [-0.25, -0.2) is 10.4 Å². The number of H-pyrrole nitrogens is 1. The number of aromatic amines is 1. The molecular formula is C15H13N5O4S. The van der Waals surface area contributed by atoms with Gasteiger partial charge >= 0.3 is 5.88 Å². The number of aromatic nitrogens is 2. The van der Waals surface area contributed by atoms with Crippen molar-refractivity contribution in [3.05, 3.63) is 48.8 Å². The number of hydrogen-bond donors (Lipinski definition) is 2. The van der Waals surface area contributed by atoms with Crippen molar-refractivity contribution in [1.29, 1.82) is 0 Å². The fourth-order valence-corrected chi connectivity index (χ4v) is 4.15. The standard InChI is InChI=1S/C15H13N5O4S/c21-13-12-9-3-1-2-4-10(9)25-14(12)18-15(17-13)19-16-7-8-5-6-11(24-8)20(22)23/h5-7H,1-4H2,(H2,17,18,19,21)/b16-7+. The van der Waals surface area contributed by atoms with Crippen molar-refractivity contribution < 1.29 is 9.34 Å². The summed E-state index contributed by atoms with van der Waals surface area (Å²) in [5, 5.41) is 15.1. The molecular weight excluding hydrogens is 346 g/mol. The minimum absolute atomic E-state index is 0.185. The van der Waals surface area contributed by atoms with E-state index in [2.05, 4.69) is 20.5 Å².